The number of aromatic nitrogens is 1. The largest absolute Gasteiger partial charge is 0.481 e. The maximum Gasteiger partial charge on any atom is 0.308 e. The zero-order valence-electron chi connectivity index (χ0n) is 9.47. The number of rotatable bonds is 2. The highest BCUT2D eigenvalue weighted by molar-refractivity contribution is 6.31. The summed E-state index contributed by atoms with van der Waals surface area (Å²) in [5.41, 5.74) is 0.660. The molecule has 2 aromatic rings. The van der Waals surface area contributed by atoms with Crippen molar-refractivity contribution in [1.82, 2.24) is 5.16 Å². The van der Waals surface area contributed by atoms with Crippen LogP contribution in [0.25, 0.3) is 11.0 Å². The van der Waals surface area contributed by atoms with Crippen LogP contribution < -0.4 is 4.90 Å². The molecule has 1 fully saturated rings. The van der Waals surface area contributed by atoms with Crippen LogP contribution in [0.1, 0.15) is 6.42 Å². The van der Waals surface area contributed by atoms with Crippen molar-refractivity contribution in [2.45, 2.75) is 6.42 Å². The van der Waals surface area contributed by atoms with E-state index in [1.54, 1.807) is 18.2 Å². The van der Waals surface area contributed by atoms with Crippen molar-refractivity contribution >= 4 is 34.4 Å². The predicted molar refractivity (Wildman–Crippen MR) is 67.0 cm³/mol. The lowest BCUT2D eigenvalue weighted by atomic mass is 10.1. The number of anilines is 1. The minimum Gasteiger partial charge on any atom is -0.481 e. The summed E-state index contributed by atoms with van der Waals surface area (Å²) in [5, 5.41) is 14.4. The van der Waals surface area contributed by atoms with Gasteiger partial charge in [-0.05, 0) is 24.6 Å². The lowest BCUT2D eigenvalue weighted by Crippen LogP contribution is -2.22. The zero-order chi connectivity index (χ0) is 12.7. The third kappa shape index (κ3) is 1.80. The number of carboxylic acids is 1. The second-order valence-corrected chi connectivity index (χ2v) is 4.85. The molecule has 94 valence electrons. The maximum atomic E-state index is 10.9. The first-order chi connectivity index (χ1) is 8.65. The Labute approximate surface area is 108 Å². The summed E-state index contributed by atoms with van der Waals surface area (Å²) < 4.78 is 5.21. The minimum absolute atomic E-state index is 0.337. The van der Waals surface area contributed by atoms with E-state index >= 15 is 0 Å². The van der Waals surface area contributed by atoms with Crippen molar-refractivity contribution in [3.05, 3.63) is 23.2 Å². The van der Waals surface area contributed by atoms with Gasteiger partial charge in [-0.15, -0.1) is 0 Å². The molecule has 0 amide bonds. The summed E-state index contributed by atoms with van der Waals surface area (Å²) in [5.74, 6) is -0.421. The van der Waals surface area contributed by atoms with Gasteiger partial charge >= 0.3 is 5.97 Å². The number of aliphatic carboxylic acids is 1. The highest BCUT2D eigenvalue weighted by Crippen LogP contribution is 2.31. The van der Waals surface area contributed by atoms with Crippen molar-refractivity contribution in [3.63, 3.8) is 0 Å². The maximum absolute atomic E-state index is 10.9. The summed E-state index contributed by atoms with van der Waals surface area (Å²) in [6, 6.07) is 5.29. The van der Waals surface area contributed by atoms with Crippen molar-refractivity contribution in [1.29, 1.82) is 0 Å². The van der Waals surface area contributed by atoms with Gasteiger partial charge in [0, 0.05) is 18.1 Å². The second-order valence-electron chi connectivity index (χ2n) is 4.42. The van der Waals surface area contributed by atoms with Gasteiger partial charge in [0.05, 0.1) is 11.3 Å². The van der Waals surface area contributed by atoms with E-state index < -0.39 is 5.97 Å². The molecular formula is C12H11ClN2O3. The molecule has 6 heteroatoms. The number of fused-ring (bicyclic) bond motifs is 1. The van der Waals surface area contributed by atoms with Gasteiger partial charge in [-0.2, -0.15) is 0 Å². The van der Waals surface area contributed by atoms with E-state index in [1.165, 1.54) is 0 Å². The lowest BCUT2D eigenvalue weighted by molar-refractivity contribution is -0.140. The Kier molecular flexibility index (Phi) is 2.63. The Morgan fingerprint density at radius 2 is 2.39 bits per heavy atom. The van der Waals surface area contributed by atoms with Crippen LogP contribution >= 0.6 is 11.6 Å². The molecule has 0 aliphatic carbocycles. The molecule has 1 aromatic heterocycles. The van der Waals surface area contributed by atoms with E-state index in [2.05, 4.69) is 5.16 Å². The number of carbonyl (C=O) groups is 1. The van der Waals surface area contributed by atoms with Crippen LogP contribution in [0, 0.1) is 5.92 Å². The highest BCUT2D eigenvalue weighted by atomic mass is 35.5. The third-order valence-electron chi connectivity index (χ3n) is 3.25. The zero-order valence-corrected chi connectivity index (χ0v) is 10.2. The number of hydrogen-bond acceptors (Lipinski definition) is 4. The van der Waals surface area contributed by atoms with Gasteiger partial charge in [0.15, 0.2) is 11.4 Å². The molecule has 1 saturated heterocycles. The van der Waals surface area contributed by atoms with E-state index in [-0.39, 0.29) is 5.92 Å². The average molecular weight is 267 g/mol. The van der Waals surface area contributed by atoms with E-state index in [0.717, 1.165) is 5.39 Å². The Morgan fingerprint density at radius 3 is 3.11 bits per heavy atom. The third-order valence-corrected chi connectivity index (χ3v) is 3.49. The van der Waals surface area contributed by atoms with E-state index in [4.69, 9.17) is 21.2 Å². The fraction of sp³-hybridized carbons (Fsp3) is 0.333. The average Bonchev–Trinajstić information content (AvgIpc) is 2.93. The normalized spacial score (nSPS) is 19.6. The molecule has 5 nitrogen and oxygen atoms in total. The molecule has 0 radical (unpaired) electrons. The van der Waals surface area contributed by atoms with Crippen molar-refractivity contribution in [3.8, 4) is 0 Å². The Bertz CT molecular complexity index is 610. The van der Waals surface area contributed by atoms with Crippen LogP contribution in [-0.2, 0) is 4.79 Å². The van der Waals surface area contributed by atoms with Gasteiger partial charge in [0.1, 0.15) is 0 Å². The Morgan fingerprint density at radius 1 is 1.56 bits per heavy atom. The first-order valence-corrected chi connectivity index (χ1v) is 6.05. The van der Waals surface area contributed by atoms with Crippen molar-refractivity contribution < 1.29 is 14.4 Å². The Hall–Kier alpha value is -1.75. The summed E-state index contributed by atoms with van der Waals surface area (Å²) in [4.78, 5) is 12.9. The molecular weight excluding hydrogens is 256 g/mol. The van der Waals surface area contributed by atoms with E-state index in [0.29, 0.717) is 35.9 Å². The Balaban J connectivity index is 1.95. The monoisotopic (exact) mass is 266 g/mol. The van der Waals surface area contributed by atoms with Gasteiger partial charge < -0.3 is 14.5 Å². The van der Waals surface area contributed by atoms with Crippen LogP contribution in [0.15, 0.2) is 22.7 Å². The van der Waals surface area contributed by atoms with Crippen molar-refractivity contribution in [2.24, 2.45) is 5.92 Å². The number of nitrogens with zero attached hydrogens (tertiary/aromatic N) is 2. The number of benzene rings is 1. The SMILES string of the molecule is O=C(O)C1CCN(c2noc3ccc(Cl)cc23)C1. The highest BCUT2D eigenvalue weighted by Gasteiger charge is 2.30. The van der Waals surface area contributed by atoms with Gasteiger partial charge in [-0.3, -0.25) is 4.79 Å². The fourth-order valence-electron chi connectivity index (χ4n) is 2.28. The van der Waals surface area contributed by atoms with Crippen LogP contribution in [0.2, 0.25) is 5.02 Å². The van der Waals surface area contributed by atoms with E-state index in [9.17, 15) is 4.79 Å². The van der Waals surface area contributed by atoms with Crippen molar-refractivity contribution in [2.75, 3.05) is 18.0 Å². The molecule has 1 aliphatic heterocycles. The van der Waals surface area contributed by atoms with Crippen LogP contribution in [0.3, 0.4) is 0 Å². The minimum atomic E-state index is -0.761. The molecule has 1 N–H and O–H groups in total. The van der Waals surface area contributed by atoms with Gasteiger partial charge in [-0.1, -0.05) is 16.8 Å². The predicted octanol–water partition coefficient (Wildman–Crippen LogP) is 2.39. The molecule has 1 atom stereocenters. The fourth-order valence-corrected chi connectivity index (χ4v) is 2.45. The molecule has 1 aliphatic rings. The van der Waals surface area contributed by atoms with Crippen LogP contribution in [-0.4, -0.2) is 29.3 Å². The van der Waals surface area contributed by atoms with Crippen LogP contribution in [0.4, 0.5) is 5.82 Å². The number of hydrogen-bond donors (Lipinski definition) is 1. The standard InChI is InChI=1S/C12H11ClN2O3/c13-8-1-2-10-9(5-8)11(14-18-10)15-4-3-7(6-15)12(16)17/h1-2,5,7H,3-4,6H2,(H,16,17). The summed E-state index contributed by atoms with van der Waals surface area (Å²) in [6.07, 6.45) is 0.629. The first-order valence-electron chi connectivity index (χ1n) is 5.68. The molecule has 2 heterocycles. The van der Waals surface area contributed by atoms with Gasteiger partial charge in [-0.25, -0.2) is 0 Å². The molecule has 1 aromatic carbocycles. The summed E-state index contributed by atoms with van der Waals surface area (Å²) >= 11 is 5.95. The number of carboxylic acid groups (broad SMARTS) is 1. The molecule has 1 unspecified atom stereocenters. The molecule has 18 heavy (non-hydrogen) atoms. The smallest absolute Gasteiger partial charge is 0.308 e. The van der Waals surface area contributed by atoms with E-state index in [1.807, 2.05) is 4.90 Å². The summed E-state index contributed by atoms with van der Waals surface area (Å²) in [7, 11) is 0. The summed E-state index contributed by atoms with van der Waals surface area (Å²) in [6.45, 7) is 1.13. The molecule has 0 saturated carbocycles. The molecule has 3 rings (SSSR count). The lowest BCUT2D eigenvalue weighted by Gasteiger charge is -2.13. The number of halogens is 1. The van der Waals surface area contributed by atoms with Gasteiger partial charge in [0.2, 0.25) is 0 Å². The molecule has 0 spiro atoms. The second kappa shape index (κ2) is 4.17. The topological polar surface area (TPSA) is 66.6 Å². The van der Waals surface area contributed by atoms with Gasteiger partial charge in [0.25, 0.3) is 0 Å². The quantitative estimate of drug-likeness (QED) is 0.904. The molecule has 0 bridgehead atoms. The van der Waals surface area contributed by atoms with Crippen LogP contribution in [0.5, 0.6) is 0 Å². The first kappa shape index (κ1) is 11.3.